The molecule has 0 aromatic carbocycles. The van der Waals surface area contributed by atoms with Gasteiger partial charge in [0.2, 0.25) is 0 Å². The molecule has 7 heteroatoms. The predicted octanol–water partition coefficient (Wildman–Crippen LogP) is 1.15. The summed E-state index contributed by atoms with van der Waals surface area (Å²) in [6.07, 6.45) is 1.07. The van der Waals surface area contributed by atoms with E-state index < -0.39 is 17.9 Å². The van der Waals surface area contributed by atoms with Crippen molar-refractivity contribution < 1.29 is 14.7 Å². The van der Waals surface area contributed by atoms with Crippen molar-refractivity contribution in [3.63, 3.8) is 0 Å². The second-order valence-corrected chi connectivity index (χ2v) is 4.90. The highest BCUT2D eigenvalue weighted by Gasteiger charge is 2.21. The van der Waals surface area contributed by atoms with Crippen LogP contribution in [0.25, 0.3) is 0 Å². The van der Waals surface area contributed by atoms with Gasteiger partial charge in [-0.3, -0.25) is 4.79 Å². The van der Waals surface area contributed by atoms with Crippen LogP contribution in [0.15, 0.2) is 5.38 Å². The number of amides is 1. The fraction of sp³-hybridized carbons (Fsp3) is 0.545. The van der Waals surface area contributed by atoms with E-state index in [1.54, 1.807) is 12.3 Å². The molecule has 0 aliphatic heterocycles. The number of aromatic nitrogens is 1. The second-order valence-electron chi connectivity index (χ2n) is 4.01. The van der Waals surface area contributed by atoms with Crippen molar-refractivity contribution in [3.8, 4) is 0 Å². The van der Waals surface area contributed by atoms with Gasteiger partial charge in [0, 0.05) is 5.38 Å². The number of thiazole rings is 1. The topological polar surface area (TPSA) is 105 Å². The van der Waals surface area contributed by atoms with Gasteiger partial charge in [0.1, 0.15) is 16.7 Å². The summed E-state index contributed by atoms with van der Waals surface area (Å²) in [7, 11) is 0. The van der Waals surface area contributed by atoms with Crippen LogP contribution >= 0.6 is 11.3 Å². The molecule has 1 aromatic rings. The maximum atomic E-state index is 11.8. The van der Waals surface area contributed by atoms with E-state index in [2.05, 4.69) is 10.3 Å². The Balaban J connectivity index is 2.71. The van der Waals surface area contributed by atoms with Crippen LogP contribution in [0.1, 0.15) is 48.2 Å². The zero-order valence-corrected chi connectivity index (χ0v) is 11.2. The predicted molar refractivity (Wildman–Crippen MR) is 68.5 cm³/mol. The number of carbonyl (C=O) groups is 2. The quantitative estimate of drug-likeness (QED) is 0.719. The number of nitrogens with one attached hydrogen (secondary N) is 1. The Morgan fingerprint density at radius 1 is 1.61 bits per heavy atom. The van der Waals surface area contributed by atoms with E-state index in [1.807, 2.05) is 6.92 Å². The lowest BCUT2D eigenvalue weighted by atomic mass is 10.1. The van der Waals surface area contributed by atoms with Gasteiger partial charge in [0.25, 0.3) is 5.91 Å². The number of hydrogen-bond donors (Lipinski definition) is 3. The van der Waals surface area contributed by atoms with Crippen molar-refractivity contribution in [1.29, 1.82) is 0 Å². The molecule has 0 saturated heterocycles. The van der Waals surface area contributed by atoms with Crippen molar-refractivity contribution in [2.24, 2.45) is 5.73 Å². The summed E-state index contributed by atoms with van der Waals surface area (Å²) in [4.78, 5) is 26.8. The van der Waals surface area contributed by atoms with Gasteiger partial charge in [-0.2, -0.15) is 0 Å². The highest BCUT2D eigenvalue weighted by atomic mass is 32.1. The smallest absolute Gasteiger partial charge is 0.326 e. The number of nitrogens with zero attached hydrogens (tertiary/aromatic N) is 1. The van der Waals surface area contributed by atoms with Gasteiger partial charge in [0.05, 0.1) is 6.04 Å². The average molecular weight is 271 g/mol. The van der Waals surface area contributed by atoms with Gasteiger partial charge in [-0.05, 0) is 13.3 Å². The van der Waals surface area contributed by atoms with Gasteiger partial charge in [-0.1, -0.05) is 13.3 Å². The molecule has 4 N–H and O–H groups in total. The molecule has 1 unspecified atom stereocenters. The van der Waals surface area contributed by atoms with E-state index in [0.717, 1.165) is 0 Å². The first kappa shape index (κ1) is 14.6. The zero-order valence-electron chi connectivity index (χ0n) is 10.3. The highest BCUT2D eigenvalue weighted by molar-refractivity contribution is 7.09. The van der Waals surface area contributed by atoms with Gasteiger partial charge in [-0.15, -0.1) is 11.3 Å². The van der Waals surface area contributed by atoms with Crippen molar-refractivity contribution in [3.05, 3.63) is 16.1 Å². The Morgan fingerprint density at radius 3 is 2.72 bits per heavy atom. The number of aliphatic carboxylic acids is 1. The molecule has 18 heavy (non-hydrogen) atoms. The van der Waals surface area contributed by atoms with E-state index in [1.165, 1.54) is 11.3 Å². The van der Waals surface area contributed by atoms with Crippen LogP contribution in [0.5, 0.6) is 0 Å². The number of hydrogen-bond acceptors (Lipinski definition) is 5. The van der Waals surface area contributed by atoms with Gasteiger partial charge in [-0.25, -0.2) is 9.78 Å². The summed E-state index contributed by atoms with van der Waals surface area (Å²) >= 11 is 1.29. The van der Waals surface area contributed by atoms with Gasteiger partial charge >= 0.3 is 5.97 Å². The van der Waals surface area contributed by atoms with Crippen molar-refractivity contribution >= 4 is 23.2 Å². The van der Waals surface area contributed by atoms with Crippen molar-refractivity contribution in [1.82, 2.24) is 10.3 Å². The molecule has 0 aliphatic rings. The van der Waals surface area contributed by atoms with E-state index in [-0.39, 0.29) is 11.7 Å². The lowest BCUT2D eigenvalue weighted by molar-refractivity contribution is -0.139. The molecule has 0 saturated carbocycles. The van der Waals surface area contributed by atoms with Crippen LogP contribution in [0.4, 0.5) is 0 Å². The largest absolute Gasteiger partial charge is 0.480 e. The number of rotatable bonds is 6. The summed E-state index contributed by atoms with van der Waals surface area (Å²) in [5.41, 5.74) is 5.86. The van der Waals surface area contributed by atoms with E-state index in [9.17, 15) is 9.59 Å². The highest BCUT2D eigenvalue weighted by Crippen LogP contribution is 2.15. The molecule has 1 aromatic heterocycles. The third-order valence-corrected chi connectivity index (χ3v) is 3.37. The maximum Gasteiger partial charge on any atom is 0.326 e. The normalized spacial score (nSPS) is 13.9. The van der Waals surface area contributed by atoms with Crippen LogP contribution in [-0.2, 0) is 4.79 Å². The lowest BCUT2D eigenvalue weighted by Crippen LogP contribution is -2.40. The molecule has 100 valence electrons. The number of nitrogens with two attached hydrogens (primary N) is 1. The molecule has 2 atom stereocenters. The first-order valence-corrected chi connectivity index (χ1v) is 6.58. The van der Waals surface area contributed by atoms with Gasteiger partial charge < -0.3 is 16.2 Å². The fourth-order valence-electron chi connectivity index (χ4n) is 1.38. The molecule has 6 nitrogen and oxygen atoms in total. The van der Waals surface area contributed by atoms with Crippen molar-refractivity contribution in [2.45, 2.75) is 38.8 Å². The summed E-state index contributed by atoms with van der Waals surface area (Å²) in [5.74, 6) is -1.51. The van der Waals surface area contributed by atoms with Crippen LogP contribution in [0.3, 0.4) is 0 Å². The first-order chi connectivity index (χ1) is 8.45. The number of carboxylic acid groups (broad SMARTS) is 1. The first-order valence-electron chi connectivity index (χ1n) is 5.70. The van der Waals surface area contributed by atoms with Crippen LogP contribution in [0.2, 0.25) is 0 Å². The Labute approximate surface area is 109 Å². The third-order valence-electron chi connectivity index (χ3n) is 2.32. The molecule has 1 rings (SSSR count). The molecule has 0 radical (unpaired) electrons. The molecule has 0 bridgehead atoms. The minimum absolute atomic E-state index is 0.217. The zero-order chi connectivity index (χ0) is 13.7. The third kappa shape index (κ3) is 3.78. The number of carbonyl (C=O) groups excluding carboxylic acids is 1. The average Bonchev–Trinajstić information content (AvgIpc) is 2.77. The summed E-state index contributed by atoms with van der Waals surface area (Å²) in [6.45, 7) is 3.64. The molecular weight excluding hydrogens is 254 g/mol. The minimum Gasteiger partial charge on any atom is -0.480 e. The van der Waals surface area contributed by atoms with Crippen molar-refractivity contribution in [2.75, 3.05) is 0 Å². The molecule has 1 amide bonds. The minimum atomic E-state index is -1.03. The standard InChI is InChI=1S/C11H17N3O3S/c1-3-4-7(11(16)17)13-9(15)8-5-18-10(14-8)6(2)12/h5-7H,3-4,12H2,1-2H3,(H,13,15)(H,16,17)/t6?,7-/m1/s1. The molecule has 0 spiro atoms. The van der Waals surface area contributed by atoms with Gasteiger partial charge in [0.15, 0.2) is 0 Å². The summed E-state index contributed by atoms with van der Waals surface area (Å²) in [6, 6.07) is -1.11. The van der Waals surface area contributed by atoms with E-state index >= 15 is 0 Å². The second kappa shape index (κ2) is 6.46. The molecule has 0 aliphatic carbocycles. The van der Waals surface area contributed by atoms with Crippen LogP contribution in [0, 0.1) is 0 Å². The monoisotopic (exact) mass is 271 g/mol. The Bertz CT molecular complexity index is 431. The van der Waals surface area contributed by atoms with E-state index in [4.69, 9.17) is 10.8 Å². The SMILES string of the molecule is CCC[C@@H](NC(=O)c1csc(C(C)N)n1)C(=O)O. The molecular formula is C11H17N3O3S. The molecule has 1 heterocycles. The summed E-state index contributed by atoms with van der Waals surface area (Å²) < 4.78 is 0. The van der Waals surface area contributed by atoms with E-state index in [0.29, 0.717) is 17.8 Å². The Kier molecular flexibility index (Phi) is 5.24. The van der Waals surface area contributed by atoms with Crippen LogP contribution in [-0.4, -0.2) is 28.0 Å². The Hall–Kier alpha value is -1.47. The maximum absolute atomic E-state index is 11.8. The summed E-state index contributed by atoms with van der Waals surface area (Å²) in [5, 5.41) is 13.6. The molecule has 0 fully saturated rings. The Morgan fingerprint density at radius 2 is 2.28 bits per heavy atom. The lowest BCUT2D eigenvalue weighted by Gasteiger charge is -2.12. The van der Waals surface area contributed by atoms with Crippen LogP contribution < -0.4 is 11.1 Å². The fourth-order valence-corrected chi connectivity index (χ4v) is 2.14. The number of carboxylic acids is 1.